The van der Waals surface area contributed by atoms with Crippen molar-refractivity contribution in [2.75, 3.05) is 11.1 Å². The maximum absolute atomic E-state index is 12.4. The van der Waals surface area contributed by atoms with E-state index in [9.17, 15) is 4.79 Å². The predicted octanol–water partition coefficient (Wildman–Crippen LogP) is 4.87. The van der Waals surface area contributed by atoms with Gasteiger partial charge < -0.3 is 14.6 Å². The molecule has 1 N–H and O–H groups in total. The number of nitrogens with zero attached hydrogens (tertiary/aromatic N) is 3. The van der Waals surface area contributed by atoms with Crippen molar-refractivity contribution in [3.63, 3.8) is 0 Å². The number of ether oxygens (including phenoxy) is 1. The molecule has 0 radical (unpaired) electrons. The third kappa shape index (κ3) is 5.02. The molecule has 0 bridgehead atoms. The average molecular weight is 425 g/mol. The Balaban J connectivity index is 1.62. The van der Waals surface area contributed by atoms with Gasteiger partial charge in [0.15, 0.2) is 17.1 Å². The molecule has 6 nitrogen and oxygen atoms in total. The number of para-hydroxylation sites is 1. The van der Waals surface area contributed by atoms with Gasteiger partial charge in [-0.15, -0.1) is 10.2 Å². The highest BCUT2D eigenvalue weighted by atomic mass is 32.2. The van der Waals surface area contributed by atoms with E-state index >= 15 is 0 Å². The zero-order chi connectivity index (χ0) is 21.7. The summed E-state index contributed by atoms with van der Waals surface area (Å²) in [6.45, 7) is 8.13. The fourth-order valence-electron chi connectivity index (χ4n) is 3.17. The zero-order valence-electron chi connectivity index (χ0n) is 18.1. The molecule has 1 unspecified atom stereocenters. The van der Waals surface area contributed by atoms with Crippen molar-refractivity contribution in [2.45, 2.75) is 45.4 Å². The molecule has 0 saturated carbocycles. The van der Waals surface area contributed by atoms with Crippen molar-refractivity contribution >= 4 is 23.4 Å². The number of hydrogen-bond donors (Lipinski definition) is 1. The second kappa shape index (κ2) is 9.80. The lowest BCUT2D eigenvalue weighted by Crippen LogP contribution is -2.16. The van der Waals surface area contributed by atoms with Gasteiger partial charge in [-0.25, -0.2) is 0 Å². The molecule has 1 atom stereocenters. The highest BCUT2D eigenvalue weighted by Crippen LogP contribution is 2.27. The predicted molar refractivity (Wildman–Crippen MR) is 121 cm³/mol. The number of hydrogen-bond acceptors (Lipinski definition) is 5. The summed E-state index contributed by atoms with van der Waals surface area (Å²) >= 11 is 1.36. The second-order valence-corrected chi connectivity index (χ2v) is 8.15. The van der Waals surface area contributed by atoms with Crippen molar-refractivity contribution in [3.8, 4) is 5.75 Å². The van der Waals surface area contributed by atoms with Gasteiger partial charge in [-0.3, -0.25) is 4.79 Å². The summed E-state index contributed by atoms with van der Waals surface area (Å²) in [5.74, 6) is 1.75. The van der Waals surface area contributed by atoms with E-state index in [2.05, 4.69) is 35.4 Å². The molecule has 0 spiro atoms. The standard InChI is InChI=1S/C23H28N4O2S/c1-6-18-11-7-8-12-19(18)24-21(28)14-30-23-26-25-22(27(23)5)17(4)29-20-13-9-10-15(2)16(20)3/h7-13,17H,6,14H2,1-5H3,(H,24,28). The van der Waals surface area contributed by atoms with Crippen LogP contribution in [-0.4, -0.2) is 26.4 Å². The van der Waals surface area contributed by atoms with Gasteiger partial charge in [-0.1, -0.05) is 49.0 Å². The first-order valence-corrected chi connectivity index (χ1v) is 11.0. The van der Waals surface area contributed by atoms with Crippen LogP contribution in [0.1, 0.15) is 42.5 Å². The molecule has 3 aromatic rings. The summed E-state index contributed by atoms with van der Waals surface area (Å²) in [5, 5.41) is 12.2. The van der Waals surface area contributed by atoms with Gasteiger partial charge in [0.1, 0.15) is 5.75 Å². The summed E-state index contributed by atoms with van der Waals surface area (Å²) in [6.07, 6.45) is 0.608. The summed E-state index contributed by atoms with van der Waals surface area (Å²) in [5.41, 5.74) is 4.28. The molecule has 1 heterocycles. The molecular weight excluding hydrogens is 396 g/mol. The minimum absolute atomic E-state index is 0.0647. The van der Waals surface area contributed by atoms with Crippen LogP contribution >= 0.6 is 11.8 Å². The number of benzene rings is 2. The third-order valence-corrected chi connectivity index (χ3v) is 6.12. The van der Waals surface area contributed by atoms with Gasteiger partial charge in [0.25, 0.3) is 0 Å². The van der Waals surface area contributed by atoms with Crippen LogP contribution < -0.4 is 10.1 Å². The van der Waals surface area contributed by atoms with E-state index in [0.29, 0.717) is 5.16 Å². The lowest BCUT2D eigenvalue weighted by molar-refractivity contribution is -0.113. The minimum Gasteiger partial charge on any atom is -0.482 e. The van der Waals surface area contributed by atoms with E-state index in [-0.39, 0.29) is 17.8 Å². The second-order valence-electron chi connectivity index (χ2n) is 7.21. The Kier molecular flexibility index (Phi) is 7.15. The number of nitrogens with one attached hydrogen (secondary N) is 1. The molecule has 0 aliphatic heterocycles. The molecular formula is C23H28N4O2S. The summed E-state index contributed by atoms with van der Waals surface area (Å²) in [4.78, 5) is 12.4. The molecule has 158 valence electrons. The number of aryl methyl sites for hydroxylation is 2. The maximum Gasteiger partial charge on any atom is 0.234 e. The number of carbonyl (C=O) groups excluding carboxylic acids is 1. The molecule has 2 aromatic carbocycles. The normalized spacial score (nSPS) is 11.9. The highest BCUT2D eigenvalue weighted by molar-refractivity contribution is 7.99. The SMILES string of the molecule is CCc1ccccc1NC(=O)CSc1nnc(C(C)Oc2cccc(C)c2C)n1C. The Morgan fingerprint density at radius 3 is 2.70 bits per heavy atom. The van der Waals surface area contributed by atoms with Crippen molar-refractivity contribution in [1.82, 2.24) is 14.8 Å². The van der Waals surface area contributed by atoms with E-state index in [1.165, 1.54) is 17.3 Å². The van der Waals surface area contributed by atoms with Crippen molar-refractivity contribution in [2.24, 2.45) is 7.05 Å². The molecule has 3 rings (SSSR count). The largest absolute Gasteiger partial charge is 0.482 e. The van der Waals surface area contributed by atoms with Crippen LogP contribution in [0.2, 0.25) is 0 Å². The topological polar surface area (TPSA) is 69.0 Å². The maximum atomic E-state index is 12.4. The van der Waals surface area contributed by atoms with Crippen LogP contribution in [0, 0.1) is 13.8 Å². The van der Waals surface area contributed by atoms with E-state index in [4.69, 9.17) is 4.74 Å². The third-order valence-electron chi connectivity index (χ3n) is 5.10. The molecule has 0 aliphatic rings. The van der Waals surface area contributed by atoms with Gasteiger partial charge >= 0.3 is 0 Å². The monoisotopic (exact) mass is 424 g/mol. The molecule has 30 heavy (non-hydrogen) atoms. The number of amides is 1. The molecule has 1 amide bonds. The summed E-state index contributed by atoms with van der Waals surface area (Å²) in [6, 6.07) is 13.9. The van der Waals surface area contributed by atoms with Gasteiger partial charge in [0.2, 0.25) is 5.91 Å². The van der Waals surface area contributed by atoms with Gasteiger partial charge in [-0.05, 0) is 56.0 Å². The van der Waals surface area contributed by atoms with Crippen LogP contribution in [0.3, 0.4) is 0 Å². The van der Waals surface area contributed by atoms with E-state index in [1.807, 2.05) is 61.9 Å². The minimum atomic E-state index is -0.261. The fraction of sp³-hybridized carbons (Fsp3) is 0.348. The van der Waals surface area contributed by atoms with Gasteiger partial charge in [-0.2, -0.15) is 0 Å². The van der Waals surface area contributed by atoms with Crippen LogP contribution in [0.4, 0.5) is 5.69 Å². The Labute approximate surface area is 182 Å². The smallest absolute Gasteiger partial charge is 0.234 e. The Morgan fingerprint density at radius 1 is 1.17 bits per heavy atom. The Hall–Kier alpha value is -2.80. The van der Waals surface area contributed by atoms with Crippen LogP contribution in [0.25, 0.3) is 0 Å². The van der Waals surface area contributed by atoms with Gasteiger partial charge in [0.05, 0.1) is 5.75 Å². The number of carbonyl (C=O) groups is 1. The Morgan fingerprint density at radius 2 is 1.93 bits per heavy atom. The zero-order valence-corrected chi connectivity index (χ0v) is 18.9. The number of rotatable bonds is 8. The van der Waals surface area contributed by atoms with E-state index in [1.54, 1.807) is 0 Å². The Bertz CT molecular complexity index is 1030. The lowest BCUT2D eigenvalue weighted by Gasteiger charge is -2.17. The first-order valence-electron chi connectivity index (χ1n) is 10.0. The first kappa shape index (κ1) is 21.9. The molecule has 0 saturated heterocycles. The summed E-state index contributed by atoms with van der Waals surface area (Å²) < 4.78 is 8.01. The molecule has 0 fully saturated rings. The van der Waals surface area contributed by atoms with Gasteiger partial charge in [0, 0.05) is 12.7 Å². The van der Waals surface area contributed by atoms with Crippen molar-refractivity contribution in [3.05, 3.63) is 65.0 Å². The first-order chi connectivity index (χ1) is 14.4. The van der Waals surface area contributed by atoms with E-state index < -0.39 is 0 Å². The molecule has 0 aliphatic carbocycles. The summed E-state index contributed by atoms with van der Waals surface area (Å²) in [7, 11) is 1.89. The van der Waals surface area contributed by atoms with Crippen LogP contribution in [0.15, 0.2) is 47.6 Å². The quantitative estimate of drug-likeness (QED) is 0.523. The molecule has 1 aromatic heterocycles. The van der Waals surface area contributed by atoms with E-state index in [0.717, 1.165) is 34.8 Å². The number of thioether (sulfide) groups is 1. The van der Waals surface area contributed by atoms with Crippen LogP contribution in [0.5, 0.6) is 5.75 Å². The number of aromatic nitrogens is 3. The fourth-order valence-corrected chi connectivity index (χ4v) is 3.89. The van der Waals surface area contributed by atoms with Crippen molar-refractivity contribution in [1.29, 1.82) is 0 Å². The molecule has 7 heteroatoms. The number of anilines is 1. The van der Waals surface area contributed by atoms with Crippen molar-refractivity contribution < 1.29 is 9.53 Å². The highest BCUT2D eigenvalue weighted by Gasteiger charge is 2.19. The van der Waals surface area contributed by atoms with Crippen LogP contribution in [-0.2, 0) is 18.3 Å². The average Bonchev–Trinajstić information content (AvgIpc) is 3.10. The lowest BCUT2D eigenvalue weighted by atomic mass is 10.1.